The molecular formula is C54H86LiN3O5S2. The van der Waals surface area contributed by atoms with Gasteiger partial charge in [-0.1, -0.05) is 27.2 Å². The van der Waals surface area contributed by atoms with Crippen LogP contribution >= 0.6 is 22.7 Å². The van der Waals surface area contributed by atoms with Crippen molar-refractivity contribution in [3.05, 3.63) is 40.1 Å². The van der Waals surface area contributed by atoms with Gasteiger partial charge >= 0.3 is 18.9 Å². The van der Waals surface area contributed by atoms with Crippen molar-refractivity contribution in [3.8, 4) is 0 Å². The number of rotatable bonds is 6. The summed E-state index contributed by atoms with van der Waals surface area (Å²) in [4.78, 5) is 39.5. The number of hydroxylamine groups is 2. The Hall–Kier alpha value is -1.12. The molecule has 2 aromatic heterocycles. The molecule has 11 heteroatoms. The van der Waals surface area contributed by atoms with E-state index in [9.17, 15) is 19.8 Å². The number of aromatic nitrogens is 2. The van der Waals surface area contributed by atoms with Gasteiger partial charge in [0.05, 0.1) is 34.7 Å². The molecule has 0 aromatic carbocycles. The van der Waals surface area contributed by atoms with Gasteiger partial charge < -0.3 is 17.1 Å². The second-order valence-electron chi connectivity index (χ2n) is 23.2. The molecular weight excluding hydrogens is 842 g/mol. The Labute approximate surface area is 414 Å². The first-order valence-electron chi connectivity index (χ1n) is 25.8. The van der Waals surface area contributed by atoms with Crippen LogP contribution in [0.4, 0.5) is 0 Å². The summed E-state index contributed by atoms with van der Waals surface area (Å²) in [7, 11) is 3.34. The zero-order valence-electron chi connectivity index (χ0n) is 42.1. The van der Waals surface area contributed by atoms with E-state index in [4.69, 9.17) is 4.84 Å². The molecule has 360 valence electrons. The number of amides is 1. The number of aliphatic hydroxyl groups is 2. The van der Waals surface area contributed by atoms with Gasteiger partial charge in [0.15, 0.2) is 0 Å². The van der Waals surface area contributed by atoms with Crippen molar-refractivity contribution in [1.82, 2.24) is 15.0 Å². The SMILES string of the molecule is CON(C)C(=O)[C@H]1CC[C@H]2[C@@H]3CC[C@@H]4C[C@](C)(O)CC[C@@H]4[C@H]3CC[C@]12C.C[C@@]1(O)CC[C@H]2[C@H](CC[C@@H]3[C@@H]2CC[C@]2(C)[C@@H](C(=O)Cc4nccs4)CC[C@@H]32)C1.Cc1nccs1.[CH2-]CCC.[Li+]. The van der Waals surface area contributed by atoms with Crippen LogP contribution in [-0.4, -0.2) is 62.3 Å². The van der Waals surface area contributed by atoms with Crippen molar-refractivity contribution in [2.24, 2.45) is 81.8 Å². The van der Waals surface area contributed by atoms with Gasteiger partial charge in [-0.15, -0.1) is 22.7 Å². The number of fused-ring (bicyclic) bond motifs is 10. The zero-order valence-corrected chi connectivity index (χ0v) is 43.7. The van der Waals surface area contributed by atoms with Gasteiger partial charge in [0.1, 0.15) is 5.78 Å². The quantitative estimate of drug-likeness (QED) is 0.169. The molecule has 0 saturated heterocycles. The maximum atomic E-state index is 13.2. The van der Waals surface area contributed by atoms with Gasteiger partial charge in [0.25, 0.3) is 0 Å². The summed E-state index contributed by atoms with van der Waals surface area (Å²) in [6.45, 7) is 16.6. The third-order valence-corrected chi connectivity index (χ3v) is 20.9. The summed E-state index contributed by atoms with van der Waals surface area (Å²) in [5, 5.41) is 28.6. The van der Waals surface area contributed by atoms with E-state index in [1.54, 1.807) is 43.0 Å². The van der Waals surface area contributed by atoms with Crippen LogP contribution in [0.3, 0.4) is 0 Å². The van der Waals surface area contributed by atoms with Crippen LogP contribution in [-0.2, 0) is 20.8 Å². The molecule has 65 heavy (non-hydrogen) atoms. The first-order valence-corrected chi connectivity index (χ1v) is 27.5. The topological polar surface area (TPSA) is 113 Å². The number of nitrogens with zero attached hydrogens (tertiary/aromatic N) is 3. The predicted molar refractivity (Wildman–Crippen MR) is 260 cm³/mol. The van der Waals surface area contributed by atoms with Crippen LogP contribution in [0.1, 0.15) is 173 Å². The largest absolute Gasteiger partial charge is 1.00 e. The minimum atomic E-state index is -0.438. The van der Waals surface area contributed by atoms with E-state index in [1.807, 2.05) is 37.7 Å². The number of hydrogen-bond acceptors (Lipinski definition) is 9. The van der Waals surface area contributed by atoms with Crippen molar-refractivity contribution >= 4 is 34.4 Å². The van der Waals surface area contributed by atoms with Crippen molar-refractivity contribution in [2.45, 2.75) is 188 Å². The molecule has 2 heterocycles. The Bertz CT molecular complexity index is 1810. The number of aryl methyl sites for hydroxylation is 1. The van der Waals surface area contributed by atoms with Gasteiger partial charge in [0.2, 0.25) is 5.91 Å². The average Bonchev–Trinajstić information content (AvgIpc) is 4.10. The van der Waals surface area contributed by atoms with Crippen LogP contribution < -0.4 is 18.9 Å². The fourth-order valence-corrected chi connectivity index (χ4v) is 17.4. The molecule has 8 aliphatic carbocycles. The van der Waals surface area contributed by atoms with E-state index in [0.717, 1.165) is 108 Å². The van der Waals surface area contributed by atoms with Crippen molar-refractivity contribution in [2.75, 3.05) is 14.2 Å². The normalized spacial score (nSPS) is 42.1. The molecule has 2 N–H and O–H groups in total. The van der Waals surface area contributed by atoms with Gasteiger partial charge in [-0.2, -0.15) is 6.42 Å². The predicted octanol–water partition coefficient (Wildman–Crippen LogP) is 9.38. The summed E-state index contributed by atoms with van der Waals surface area (Å²) in [5.74, 6) is 8.82. The van der Waals surface area contributed by atoms with Gasteiger partial charge in [-0.3, -0.25) is 19.4 Å². The van der Waals surface area contributed by atoms with Crippen molar-refractivity contribution in [3.63, 3.8) is 0 Å². The standard InChI is InChI=1S/C24H35NO2S.C22H37NO3.C4H5NS.C4H9.Li/c1-23(27)9-7-16-15(14-23)3-4-18-17(16)8-10-24(2)19(18)5-6-20(24)21(26)13-22-25-11-12-28-22;1-21(25)11-9-15-14(13-21)5-6-17-16(15)10-12-22(2)18(17)7-8-19(22)20(24)23(3)26-4;1-4-5-2-3-6-4;1-3-4-2;/h11-12,15-20,27H,3-10,13-14H2,1-2H3;14-19,25H,5-13H2,1-4H3;2-3H,1H3;1,3-4H2,2H3;/q;;;-1;+1/t15-,16+,17-,18-,19+,20-,23-,24+;14-,15+,16-,17-,18+,19-,21-,22+;;;/m11.../s1. The molecule has 8 aliphatic rings. The third kappa shape index (κ3) is 11.6. The van der Waals surface area contributed by atoms with E-state index in [1.165, 1.54) is 88.5 Å². The van der Waals surface area contributed by atoms with E-state index in [-0.39, 0.29) is 47.4 Å². The fourth-order valence-electron chi connectivity index (χ4n) is 16.3. The monoisotopic (exact) mass is 928 g/mol. The smallest absolute Gasteiger partial charge is 0.390 e. The summed E-state index contributed by atoms with van der Waals surface area (Å²) in [6.07, 6.45) is 27.6. The Balaban J connectivity index is 0.000000176. The first kappa shape index (κ1) is 53.2. The minimum absolute atomic E-state index is 0. The van der Waals surface area contributed by atoms with Crippen LogP contribution in [0.25, 0.3) is 0 Å². The van der Waals surface area contributed by atoms with Gasteiger partial charge in [0, 0.05) is 42.0 Å². The summed E-state index contributed by atoms with van der Waals surface area (Å²) >= 11 is 3.28. The zero-order chi connectivity index (χ0) is 46.0. The molecule has 0 bridgehead atoms. The Kier molecular flexibility index (Phi) is 18.3. The summed E-state index contributed by atoms with van der Waals surface area (Å²) in [5.41, 5.74) is -0.509. The first-order chi connectivity index (χ1) is 30.4. The Morgan fingerprint density at radius 3 is 1.62 bits per heavy atom. The summed E-state index contributed by atoms with van der Waals surface area (Å²) in [6, 6.07) is 0. The Morgan fingerprint density at radius 1 is 0.708 bits per heavy atom. The molecule has 8 nitrogen and oxygen atoms in total. The number of thiazole rings is 2. The second-order valence-corrected chi connectivity index (χ2v) is 25.3. The van der Waals surface area contributed by atoms with E-state index in [2.05, 4.69) is 37.7 Å². The van der Waals surface area contributed by atoms with E-state index >= 15 is 0 Å². The van der Waals surface area contributed by atoms with Gasteiger partial charge in [-0.25, -0.2) is 10.0 Å². The number of ketones is 1. The molecule has 0 radical (unpaired) electrons. The molecule has 8 fully saturated rings. The average molecular weight is 928 g/mol. The number of unbranched alkanes of at least 4 members (excludes halogenated alkanes) is 1. The number of Topliss-reactive ketones (excluding diaryl/α,β-unsaturated/α-hetero) is 1. The second kappa shape index (κ2) is 22.3. The molecule has 0 aliphatic heterocycles. The van der Waals surface area contributed by atoms with Crippen LogP contribution in [0.2, 0.25) is 0 Å². The fraction of sp³-hybridized carbons (Fsp3) is 0.833. The third-order valence-electron chi connectivity index (χ3n) is 19.5. The number of carbonyl (C=O) groups excluding carboxylic acids is 2. The van der Waals surface area contributed by atoms with Crippen molar-refractivity contribution in [1.29, 1.82) is 0 Å². The molecule has 0 unspecified atom stereocenters. The molecule has 1 amide bonds. The molecule has 2 aromatic rings. The van der Waals surface area contributed by atoms with Gasteiger partial charge in [-0.05, 0) is 206 Å². The van der Waals surface area contributed by atoms with Crippen LogP contribution in [0.15, 0.2) is 23.2 Å². The molecule has 16 atom stereocenters. The number of carbonyl (C=O) groups is 2. The molecule has 8 saturated carbocycles. The summed E-state index contributed by atoms with van der Waals surface area (Å²) < 4.78 is 0. The number of hydrogen-bond donors (Lipinski definition) is 2. The van der Waals surface area contributed by atoms with Crippen LogP contribution in [0, 0.1) is 95.7 Å². The minimum Gasteiger partial charge on any atom is -0.390 e. The van der Waals surface area contributed by atoms with Crippen LogP contribution in [0.5, 0.6) is 0 Å². The molecule has 10 rings (SSSR count). The Morgan fingerprint density at radius 2 is 1.18 bits per heavy atom. The van der Waals surface area contributed by atoms with E-state index in [0.29, 0.717) is 18.1 Å². The molecule has 0 spiro atoms. The maximum absolute atomic E-state index is 13.2. The van der Waals surface area contributed by atoms with Crippen molar-refractivity contribution < 1.29 is 43.5 Å². The van der Waals surface area contributed by atoms with E-state index < -0.39 is 11.2 Å². The maximum Gasteiger partial charge on any atom is 1.00 e.